The quantitative estimate of drug-likeness (QED) is 0.700. The molecule has 0 atom stereocenters. The summed E-state index contributed by atoms with van der Waals surface area (Å²) in [7, 11) is 0. The highest BCUT2D eigenvalue weighted by atomic mass is 19.1. The van der Waals surface area contributed by atoms with Gasteiger partial charge in [0.15, 0.2) is 5.75 Å². The summed E-state index contributed by atoms with van der Waals surface area (Å²) in [6, 6.07) is 13.7. The predicted molar refractivity (Wildman–Crippen MR) is 77.7 cm³/mol. The number of benzene rings is 2. The first-order chi connectivity index (χ1) is 10.2. The van der Waals surface area contributed by atoms with Crippen molar-refractivity contribution >= 4 is 10.9 Å². The number of nitriles is 1. The maximum absolute atomic E-state index is 13.4. The van der Waals surface area contributed by atoms with E-state index in [1.165, 1.54) is 18.3 Å². The average Bonchev–Trinajstić information content (AvgIpc) is 2.51. The van der Waals surface area contributed by atoms with E-state index in [-0.39, 0.29) is 5.82 Å². The first-order valence-corrected chi connectivity index (χ1v) is 6.41. The Labute approximate surface area is 121 Å². The molecule has 3 aromatic rings. The minimum absolute atomic E-state index is 0.317. The lowest BCUT2D eigenvalue weighted by Crippen LogP contribution is -1.94. The summed E-state index contributed by atoms with van der Waals surface area (Å²) in [5.74, 6) is 0.409. The van der Waals surface area contributed by atoms with Crippen molar-refractivity contribution in [2.75, 3.05) is 0 Å². The summed E-state index contributed by atoms with van der Waals surface area (Å²) in [6.45, 7) is 1.82. The lowest BCUT2D eigenvalue weighted by Gasteiger charge is -2.12. The third-order valence-electron chi connectivity index (χ3n) is 3.21. The molecule has 0 saturated heterocycles. The molecule has 0 bridgehead atoms. The topological polar surface area (TPSA) is 45.9 Å². The number of para-hydroxylation sites is 1. The molecule has 0 amide bonds. The third-order valence-corrected chi connectivity index (χ3v) is 3.21. The van der Waals surface area contributed by atoms with Gasteiger partial charge in [-0.05, 0) is 30.7 Å². The maximum atomic E-state index is 13.4. The van der Waals surface area contributed by atoms with Crippen LogP contribution in [0.2, 0.25) is 0 Å². The SMILES string of the molecule is Cc1ccc(F)cc1Oc1c(C#N)cnc2ccccc12. The molecule has 4 heteroatoms. The zero-order chi connectivity index (χ0) is 14.8. The van der Waals surface area contributed by atoms with Crippen LogP contribution in [0.3, 0.4) is 0 Å². The number of halogens is 1. The first-order valence-electron chi connectivity index (χ1n) is 6.41. The van der Waals surface area contributed by atoms with Crippen LogP contribution in [0.1, 0.15) is 11.1 Å². The van der Waals surface area contributed by atoms with Crippen LogP contribution >= 0.6 is 0 Å². The highest BCUT2D eigenvalue weighted by molar-refractivity contribution is 5.87. The van der Waals surface area contributed by atoms with E-state index in [0.29, 0.717) is 17.1 Å². The molecule has 1 aromatic heterocycles. The van der Waals surface area contributed by atoms with Gasteiger partial charge in [-0.3, -0.25) is 4.98 Å². The summed E-state index contributed by atoms with van der Waals surface area (Å²) in [6.07, 6.45) is 1.46. The van der Waals surface area contributed by atoms with Crippen LogP contribution in [0.5, 0.6) is 11.5 Å². The fourth-order valence-electron chi connectivity index (χ4n) is 2.10. The molecule has 2 aromatic carbocycles. The third kappa shape index (κ3) is 2.41. The molecular formula is C17H11FN2O. The highest BCUT2D eigenvalue weighted by Crippen LogP contribution is 2.33. The number of fused-ring (bicyclic) bond motifs is 1. The molecule has 0 fully saturated rings. The molecule has 0 aliphatic rings. The summed E-state index contributed by atoms with van der Waals surface area (Å²) in [5.41, 5.74) is 1.83. The Bertz CT molecular complexity index is 868. The van der Waals surface area contributed by atoms with Gasteiger partial charge in [-0.2, -0.15) is 5.26 Å². The zero-order valence-corrected chi connectivity index (χ0v) is 11.3. The molecule has 0 N–H and O–H groups in total. The number of aryl methyl sites for hydroxylation is 1. The smallest absolute Gasteiger partial charge is 0.156 e. The lowest BCUT2D eigenvalue weighted by molar-refractivity contribution is 0.476. The minimum atomic E-state index is -0.382. The van der Waals surface area contributed by atoms with Gasteiger partial charge >= 0.3 is 0 Å². The monoisotopic (exact) mass is 278 g/mol. The van der Waals surface area contributed by atoms with Crippen molar-refractivity contribution < 1.29 is 9.13 Å². The van der Waals surface area contributed by atoms with Crippen molar-refractivity contribution in [1.82, 2.24) is 4.98 Å². The van der Waals surface area contributed by atoms with Gasteiger partial charge in [0.05, 0.1) is 5.52 Å². The molecule has 0 saturated carbocycles. The predicted octanol–water partition coefficient (Wildman–Crippen LogP) is 4.35. The molecule has 3 nitrogen and oxygen atoms in total. The molecule has 1 heterocycles. The number of pyridine rings is 1. The van der Waals surface area contributed by atoms with Crippen LogP contribution in [0, 0.1) is 24.1 Å². The Morgan fingerprint density at radius 3 is 2.81 bits per heavy atom. The Morgan fingerprint density at radius 1 is 1.19 bits per heavy atom. The van der Waals surface area contributed by atoms with Crippen molar-refractivity contribution in [1.29, 1.82) is 5.26 Å². The number of hydrogen-bond donors (Lipinski definition) is 0. The Hall–Kier alpha value is -2.93. The number of hydrogen-bond acceptors (Lipinski definition) is 3. The van der Waals surface area contributed by atoms with Gasteiger partial charge in [0.25, 0.3) is 0 Å². The molecule has 102 valence electrons. The van der Waals surface area contributed by atoms with Crippen LogP contribution in [-0.2, 0) is 0 Å². The van der Waals surface area contributed by atoms with E-state index < -0.39 is 0 Å². The molecule has 3 rings (SSSR count). The standard InChI is InChI=1S/C17H11FN2O/c1-11-6-7-13(18)8-16(11)21-17-12(9-19)10-20-15-5-3-2-4-14(15)17/h2-8,10H,1H3. The second-order valence-electron chi connectivity index (χ2n) is 4.64. The molecule has 21 heavy (non-hydrogen) atoms. The summed E-state index contributed by atoms with van der Waals surface area (Å²) in [4.78, 5) is 4.22. The molecule has 0 aliphatic heterocycles. The van der Waals surface area contributed by atoms with E-state index in [1.807, 2.05) is 31.2 Å². The van der Waals surface area contributed by atoms with Gasteiger partial charge in [0.2, 0.25) is 0 Å². The van der Waals surface area contributed by atoms with Gasteiger partial charge in [-0.25, -0.2) is 4.39 Å². The van der Waals surface area contributed by atoms with Gasteiger partial charge in [-0.15, -0.1) is 0 Å². The minimum Gasteiger partial charge on any atom is -0.455 e. The van der Waals surface area contributed by atoms with E-state index in [9.17, 15) is 9.65 Å². The van der Waals surface area contributed by atoms with Crippen molar-refractivity contribution in [2.24, 2.45) is 0 Å². The second kappa shape index (κ2) is 5.22. The van der Waals surface area contributed by atoms with Crippen LogP contribution in [0.4, 0.5) is 4.39 Å². The summed E-state index contributed by atoms with van der Waals surface area (Å²) >= 11 is 0. The molecule has 0 spiro atoms. The average molecular weight is 278 g/mol. The molecular weight excluding hydrogens is 267 g/mol. The van der Waals surface area contributed by atoms with Gasteiger partial charge < -0.3 is 4.74 Å². The van der Waals surface area contributed by atoms with E-state index in [0.717, 1.165) is 16.5 Å². The van der Waals surface area contributed by atoms with Crippen molar-refractivity contribution in [3.8, 4) is 17.6 Å². The molecule has 0 aliphatic carbocycles. The number of rotatable bonds is 2. The number of aromatic nitrogens is 1. The van der Waals surface area contributed by atoms with Crippen LogP contribution in [0.25, 0.3) is 10.9 Å². The van der Waals surface area contributed by atoms with Crippen molar-refractivity contribution in [3.05, 3.63) is 65.6 Å². The highest BCUT2D eigenvalue weighted by Gasteiger charge is 2.12. The zero-order valence-electron chi connectivity index (χ0n) is 11.3. The second-order valence-corrected chi connectivity index (χ2v) is 4.64. The number of nitrogens with zero attached hydrogens (tertiary/aromatic N) is 2. The van der Waals surface area contributed by atoms with E-state index in [4.69, 9.17) is 4.74 Å². The Kier molecular flexibility index (Phi) is 3.25. The normalized spacial score (nSPS) is 10.3. The van der Waals surface area contributed by atoms with Crippen molar-refractivity contribution in [2.45, 2.75) is 6.92 Å². The lowest BCUT2D eigenvalue weighted by atomic mass is 10.1. The summed E-state index contributed by atoms with van der Waals surface area (Å²) < 4.78 is 19.2. The molecule has 0 radical (unpaired) electrons. The Morgan fingerprint density at radius 2 is 2.00 bits per heavy atom. The fourth-order valence-corrected chi connectivity index (χ4v) is 2.10. The van der Waals surface area contributed by atoms with Crippen LogP contribution in [0.15, 0.2) is 48.7 Å². The molecule has 0 unspecified atom stereocenters. The van der Waals surface area contributed by atoms with E-state index in [1.54, 1.807) is 6.07 Å². The Balaban J connectivity index is 2.19. The number of ether oxygens (including phenoxy) is 1. The van der Waals surface area contributed by atoms with Crippen LogP contribution < -0.4 is 4.74 Å². The fraction of sp³-hybridized carbons (Fsp3) is 0.0588. The largest absolute Gasteiger partial charge is 0.455 e. The van der Waals surface area contributed by atoms with Crippen molar-refractivity contribution in [3.63, 3.8) is 0 Å². The van der Waals surface area contributed by atoms with E-state index in [2.05, 4.69) is 11.1 Å². The summed E-state index contributed by atoms with van der Waals surface area (Å²) in [5, 5.41) is 9.96. The van der Waals surface area contributed by atoms with E-state index >= 15 is 0 Å². The van der Waals surface area contributed by atoms with Gasteiger partial charge in [0.1, 0.15) is 23.2 Å². The first kappa shape index (κ1) is 13.1. The van der Waals surface area contributed by atoms with Crippen LogP contribution in [-0.4, -0.2) is 4.98 Å². The maximum Gasteiger partial charge on any atom is 0.156 e. The van der Waals surface area contributed by atoms with Gasteiger partial charge in [-0.1, -0.05) is 18.2 Å². The van der Waals surface area contributed by atoms with Gasteiger partial charge in [0, 0.05) is 17.6 Å².